The Morgan fingerprint density at radius 3 is 2.86 bits per heavy atom. The number of amides is 1. The first-order valence-electron chi connectivity index (χ1n) is 13.4. The Bertz CT molecular complexity index is 1040. The van der Waals surface area contributed by atoms with Crippen molar-refractivity contribution in [3.05, 3.63) is 51.5 Å². The van der Waals surface area contributed by atoms with Gasteiger partial charge < -0.3 is 0 Å². The molecule has 5 nitrogen and oxygen atoms in total. The van der Waals surface area contributed by atoms with Gasteiger partial charge in [-0.2, -0.15) is 0 Å². The second-order valence-electron chi connectivity index (χ2n) is 10.9. The Hall–Kier alpha value is -1.03. The van der Waals surface area contributed by atoms with Crippen LogP contribution in [-0.4, -0.2) is 46.0 Å². The number of piperidine rings is 1. The molecule has 1 N–H and O–H groups in total. The fourth-order valence-corrected chi connectivity index (χ4v) is 11.2. The summed E-state index contributed by atoms with van der Waals surface area (Å²) >= 11 is 1.64. The van der Waals surface area contributed by atoms with Crippen molar-refractivity contribution < 1.29 is 31.0 Å². The molecule has 1 unspecified atom stereocenters. The number of alkyl halides is 1. The summed E-state index contributed by atoms with van der Waals surface area (Å²) in [5, 5.41) is 1.09. The van der Waals surface area contributed by atoms with Crippen LogP contribution in [0.3, 0.4) is 0 Å². The van der Waals surface area contributed by atoms with Gasteiger partial charge in [0, 0.05) is 0 Å². The van der Waals surface area contributed by atoms with E-state index in [1.54, 1.807) is 11.3 Å². The molecule has 1 aromatic heterocycles. The Kier molecular flexibility index (Phi) is 7.21. The summed E-state index contributed by atoms with van der Waals surface area (Å²) in [6, 6.07) is 11.4. The molecule has 35 heavy (non-hydrogen) atoms. The Morgan fingerprint density at radius 2 is 2.03 bits per heavy atom. The molecule has 2 aromatic rings. The summed E-state index contributed by atoms with van der Waals surface area (Å²) in [7, 11) is 0. The number of carbonyl (C=O) groups excluding carboxylic acids is 1. The van der Waals surface area contributed by atoms with Crippen molar-refractivity contribution in [3.63, 3.8) is 0 Å². The van der Waals surface area contributed by atoms with Crippen molar-refractivity contribution in [3.8, 4) is 0 Å². The van der Waals surface area contributed by atoms with Gasteiger partial charge in [0.05, 0.1) is 0 Å². The van der Waals surface area contributed by atoms with Crippen molar-refractivity contribution in [2.45, 2.75) is 75.9 Å². The molecule has 190 valence electrons. The molecule has 0 radical (unpaired) electrons. The molecule has 6 rings (SSSR count). The zero-order valence-electron chi connectivity index (χ0n) is 20.7. The van der Waals surface area contributed by atoms with Gasteiger partial charge in [-0.15, -0.1) is 0 Å². The molecule has 2 saturated heterocycles. The van der Waals surface area contributed by atoms with Crippen LogP contribution in [0.4, 0.5) is 0 Å². The molecular formula is C28H37IN3O2S-. The molecular weight excluding hydrogens is 569 g/mol. The van der Waals surface area contributed by atoms with Gasteiger partial charge in [-0.25, -0.2) is 0 Å². The maximum absolute atomic E-state index is 14.6. The number of aromatic nitrogens is 1. The number of rotatable bonds is 3. The zero-order chi connectivity index (χ0) is 23.8. The second kappa shape index (κ2) is 10.4. The molecule has 3 aliphatic heterocycles. The van der Waals surface area contributed by atoms with Crippen LogP contribution >= 0.6 is 11.3 Å². The van der Waals surface area contributed by atoms with Crippen LogP contribution < -0.4 is 25.0 Å². The van der Waals surface area contributed by atoms with E-state index >= 15 is 0 Å². The van der Waals surface area contributed by atoms with Crippen molar-refractivity contribution in [1.82, 2.24) is 13.4 Å². The number of hydrogen-bond donors (Lipinski definition) is 1. The summed E-state index contributed by atoms with van der Waals surface area (Å²) in [6.07, 6.45) is 8.75. The average Bonchev–Trinajstić information content (AvgIpc) is 3.31. The number of carbonyl (C=O) groups is 1. The van der Waals surface area contributed by atoms with E-state index in [0.29, 0.717) is 37.0 Å². The van der Waals surface area contributed by atoms with Gasteiger partial charge >= 0.3 is 225 Å². The molecule has 1 aliphatic carbocycles. The zero-order valence-corrected chi connectivity index (χ0v) is 23.7. The number of benzene rings is 1. The Balaban J connectivity index is 1.31. The number of halogens is 1. The van der Waals surface area contributed by atoms with Crippen LogP contribution in [0, 0.1) is 18.8 Å². The number of ether oxygens (including phenoxy) is 1. The molecule has 4 heterocycles. The minimum absolute atomic E-state index is 0.0230. The van der Waals surface area contributed by atoms with E-state index in [9.17, 15) is 4.79 Å². The van der Waals surface area contributed by atoms with Gasteiger partial charge in [0.1, 0.15) is 0 Å². The first-order chi connectivity index (χ1) is 17.2. The number of thiazole rings is 1. The number of aryl methyl sites for hydroxylation is 1. The molecule has 1 spiro atoms. The molecule has 3 fully saturated rings. The van der Waals surface area contributed by atoms with Gasteiger partial charge in [-0.3, -0.25) is 0 Å². The second-order valence-corrected chi connectivity index (χ2v) is 14.5. The molecule has 4 atom stereocenters. The summed E-state index contributed by atoms with van der Waals surface area (Å²) in [4.78, 5) is 23.1. The van der Waals surface area contributed by atoms with Crippen molar-refractivity contribution in [2.24, 2.45) is 11.8 Å². The third-order valence-corrected chi connectivity index (χ3v) is 12.4. The molecule has 7 heteroatoms. The number of nitrogens with one attached hydrogen (secondary N) is 1. The number of fused-ring (bicyclic) bond motifs is 2. The van der Waals surface area contributed by atoms with Crippen LogP contribution in [-0.2, 0) is 21.6 Å². The summed E-state index contributed by atoms with van der Waals surface area (Å²) in [5.74, 6) is 1.65. The Morgan fingerprint density at radius 1 is 1.20 bits per heavy atom. The van der Waals surface area contributed by atoms with Crippen molar-refractivity contribution in [1.29, 1.82) is 0 Å². The van der Waals surface area contributed by atoms with Crippen molar-refractivity contribution in [2.75, 3.05) is 24.1 Å². The standard InChI is InChI=1S/C28H37IN3O2S/c1-19-31-24-16-34-18-28(26(24)35-19)17-30-29-15-23(28)27(33)32-13-12-22(20-8-4-2-5-9-20)14-25(32)21-10-6-3-7-11-21/h2,4-5,8-9,21-23,25,30H,3,6-7,10-18H2,1H3/q-1/t22-,23?,25+,28+/m1/s1. The number of nitrogens with zero attached hydrogens (tertiary/aromatic N) is 2. The van der Waals surface area contributed by atoms with Gasteiger partial charge in [0.2, 0.25) is 0 Å². The van der Waals surface area contributed by atoms with E-state index in [0.717, 1.165) is 41.1 Å². The van der Waals surface area contributed by atoms with Crippen LogP contribution in [0.5, 0.6) is 0 Å². The first-order valence-corrected chi connectivity index (χ1v) is 16.8. The first kappa shape index (κ1) is 24.3. The van der Waals surface area contributed by atoms with Gasteiger partial charge in [-0.1, -0.05) is 0 Å². The maximum atomic E-state index is 14.6. The van der Waals surface area contributed by atoms with Gasteiger partial charge in [0.15, 0.2) is 0 Å². The quantitative estimate of drug-likeness (QED) is 0.329. The molecule has 4 aliphatic rings. The van der Waals surface area contributed by atoms with Crippen LogP contribution in [0.1, 0.15) is 72.0 Å². The summed E-state index contributed by atoms with van der Waals surface area (Å²) in [6.45, 7) is 5.07. The van der Waals surface area contributed by atoms with E-state index in [1.807, 2.05) is 0 Å². The molecule has 0 bridgehead atoms. The molecule has 1 saturated carbocycles. The van der Waals surface area contributed by atoms with E-state index in [4.69, 9.17) is 9.72 Å². The van der Waals surface area contributed by atoms with Gasteiger partial charge in [-0.05, 0) is 0 Å². The fraction of sp³-hybridized carbons (Fsp3) is 0.643. The SMILES string of the molecule is Cc1nc2c(s1)[C@@]1(CN[I-]CC1C(=O)N1CC[C@@H](c3ccccc3)C[C@H]1C1CCCCC1)COC2. The van der Waals surface area contributed by atoms with Crippen molar-refractivity contribution >= 4 is 17.2 Å². The van der Waals surface area contributed by atoms with E-state index in [1.165, 1.54) is 42.5 Å². The third kappa shape index (κ3) is 4.59. The van der Waals surface area contributed by atoms with E-state index < -0.39 is 0 Å². The Labute approximate surface area is 224 Å². The third-order valence-electron chi connectivity index (χ3n) is 8.92. The van der Waals surface area contributed by atoms with Crippen LogP contribution in [0.2, 0.25) is 0 Å². The predicted octanol–water partition coefficient (Wildman–Crippen LogP) is 1.80. The number of hydrogen-bond acceptors (Lipinski definition) is 5. The van der Waals surface area contributed by atoms with E-state index in [-0.39, 0.29) is 32.8 Å². The summed E-state index contributed by atoms with van der Waals surface area (Å²) < 4.78 is 10.9. The van der Waals surface area contributed by atoms with Crippen LogP contribution in [0.15, 0.2) is 30.3 Å². The van der Waals surface area contributed by atoms with E-state index in [2.05, 4.69) is 45.7 Å². The normalized spacial score (nSPS) is 32.1. The molecule has 1 aromatic carbocycles. The number of likely N-dealkylation sites (tertiary alicyclic amines) is 1. The predicted molar refractivity (Wildman–Crippen MR) is 135 cm³/mol. The topological polar surface area (TPSA) is 54.5 Å². The average molecular weight is 607 g/mol. The molecule has 1 amide bonds. The minimum atomic E-state index is -0.248. The fourth-order valence-electron chi connectivity index (χ4n) is 7.08. The van der Waals surface area contributed by atoms with Crippen LogP contribution in [0.25, 0.3) is 0 Å². The monoisotopic (exact) mass is 606 g/mol. The summed E-state index contributed by atoms with van der Waals surface area (Å²) in [5.41, 5.74) is 2.28. The van der Waals surface area contributed by atoms with Gasteiger partial charge in [0.25, 0.3) is 0 Å².